The molecule has 2 heterocycles. The molecule has 136 valence electrons. The molecule has 0 atom stereocenters. The third-order valence-electron chi connectivity index (χ3n) is 5.24. The molecule has 25 heavy (non-hydrogen) atoms. The fourth-order valence-electron chi connectivity index (χ4n) is 3.37. The minimum atomic E-state index is -0.661. The predicted octanol–water partition coefficient (Wildman–Crippen LogP) is 3.44. The Labute approximate surface area is 152 Å². The molecule has 1 aromatic carbocycles. The van der Waals surface area contributed by atoms with Crippen LogP contribution in [0.1, 0.15) is 32.6 Å². The second-order valence-corrected chi connectivity index (χ2v) is 8.59. The molecule has 0 bridgehead atoms. The van der Waals surface area contributed by atoms with Crippen molar-refractivity contribution in [2.24, 2.45) is 5.41 Å². The van der Waals surface area contributed by atoms with E-state index in [1.54, 1.807) is 0 Å². The molecule has 0 aromatic heterocycles. The van der Waals surface area contributed by atoms with Crippen molar-refractivity contribution >= 4 is 23.4 Å². The Morgan fingerprint density at radius 1 is 1.16 bits per heavy atom. The molecule has 0 radical (unpaired) electrons. The third-order valence-corrected chi connectivity index (χ3v) is 6.46. The lowest BCUT2D eigenvalue weighted by Gasteiger charge is -2.42. The first kappa shape index (κ1) is 17.2. The quantitative estimate of drug-likeness (QED) is 0.888. The number of amides is 1. The highest BCUT2D eigenvalue weighted by Crippen LogP contribution is 2.41. The second kappa shape index (κ2) is 6.82. The fourth-order valence-corrected chi connectivity index (χ4v) is 3.94. The Balaban J connectivity index is 1.33. The number of ether oxygens (including phenoxy) is 3. The van der Waals surface area contributed by atoms with Crippen molar-refractivity contribution in [1.82, 2.24) is 0 Å². The first-order chi connectivity index (χ1) is 12.1. The van der Waals surface area contributed by atoms with E-state index in [2.05, 4.69) is 5.32 Å². The Bertz CT molecular complexity index is 613. The maximum Gasteiger partial charge on any atom is 0.234 e. The van der Waals surface area contributed by atoms with Crippen molar-refractivity contribution in [2.45, 2.75) is 44.5 Å². The van der Waals surface area contributed by atoms with Crippen LogP contribution in [0.4, 0.5) is 5.69 Å². The van der Waals surface area contributed by atoms with Gasteiger partial charge in [-0.2, -0.15) is 11.8 Å². The molecule has 3 fully saturated rings. The molecule has 1 saturated carbocycles. The summed E-state index contributed by atoms with van der Waals surface area (Å²) in [7, 11) is 0. The molecule has 1 amide bonds. The van der Waals surface area contributed by atoms with Gasteiger partial charge in [-0.25, -0.2) is 0 Å². The number of benzene rings is 1. The van der Waals surface area contributed by atoms with Gasteiger partial charge in [-0.1, -0.05) is 0 Å². The molecule has 4 rings (SSSR count). The number of carbonyl (C=O) groups excluding carboxylic acids is 1. The van der Waals surface area contributed by atoms with E-state index < -0.39 is 11.2 Å². The van der Waals surface area contributed by atoms with Crippen LogP contribution in [-0.4, -0.2) is 42.5 Å². The summed E-state index contributed by atoms with van der Waals surface area (Å²) in [5, 5.41) is 2.98. The molecular formula is C19H25NO4S. The van der Waals surface area contributed by atoms with Crippen LogP contribution >= 0.6 is 11.8 Å². The van der Waals surface area contributed by atoms with Crippen LogP contribution in [0, 0.1) is 5.41 Å². The number of rotatable bonds is 4. The van der Waals surface area contributed by atoms with Crippen LogP contribution in [0.25, 0.3) is 0 Å². The zero-order valence-electron chi connectivity index (χ0n) is 14.6. The maximum absolute atomic E-state index is 12.7. The Morgan fingerprint density at radius 2 is 1.80 bits per heavy atom. The summed E-state index contributed by atoms with van der Waals surface area (Å²) in [6.45, 7) is 2.70. The van der Waals surface area contributed by atoms with Crippen molar-refractivity contribution in [3.63, 3.8) is 0 Å². The highest BCUT2D eigenvalue weighted by atomic mass is 32.2. The van der Waals surface area contributed by atoms with Gasteiger partial charge >= 0.3 is 0 Å². The topological polar surface area (TPSA) is 56.8 Å². The molecular weight excluding hydrogens is 338 g/mol. The summed E-state index contributed by atoms with van der Waals surface area (Å²) in [4.78, 5) is 12.7. The summed E-state index contributed by atoms with van der Waals surface area (Å²) in [5.41, 5.74) is 0.106. The second-order valence-electron chi connectivity index (χ2n) is 7.51. The minimum absolute atomic E-state index is 0.0654. The lowest BCUT2D eigenvalue weighted by molar-refractivity contribution is -0.291. The average molecular weight is 363 g/mol. The standard InChI is InChI=1S/C19H25NO4S/c1-18(12-22-19(23-13-18)8-2-3-9-19)17(21)20-14-4-6-15(7-5-14)24-16-10-25-11-16/h4-7,16H,2-3,8-13H2,1H3,(H,20,21). The summed E-state index contributed by atoms with van der Waals surface area (Å²) in [6.07, 6.45) is 4.47. The molecule has 1 aliphatic carbocycles. The zero-order chi connectivity index (χ0) is 17.3. The SMILES string of the molecule is CC1(C(=O)Nc2ccc(OC3CSC3)cc2)COC2(CCCC2)OC1. The molecule has 5 nitrogen and oxygen atoms in total. The van der Waals surface area contributed by atoms with Gasteiger partial charge in [0, 0.05) is 30.0 Å². The summed E-state index contributed by atoms with van der Waals surface area (Å²) < 4.78 is 17.8. The molecule has 6 heteroatoms. The molecule has 1 spiro atoms. The van der Waals surface area contributed by atoms with E-state index in [1.807, 2.05) is 43.0 Å². The van der Waals surface area contributed by atoms with Gasteiger partial charge in [-0.3, -0.25) is 4.79 Å². The molecule has 2 saturated heterocycles. The Hall–Kier alpha value is -1.24. The van der Waals surface area contributed by atoms with Gasteiger partial charge in [-0.15, -0.1) is 0 Å². The van der Waals surface area contributed by atoms with E-state index in [0.29, 0.717) is 19.3 Å². The average Bonchev–Trinajstić information content (AvgIpc) is 3.04. The number of hydrogen-bond donors (Lipinski definition) is 1. The lowest BCUT2D eigenvalue weighted by atomic mass is 9.90. The van der Waals surface area contributed by atoms with E-state index in [0.717, 1.165) is 48.6 Å². The van der Waals surface area contributed by atoms with E-state index in [4.69, 9.17) is 14.2 Å². The van der Waals surface area contributed by atoms with Gasteiger partial charge in [-0.05, 0) is 44.0 Å². The normalized spacial score (nSPS) is 24.7. The number of hydrogen-bond acceptors (Lipinski definition) is 5. The molecule has 1 aromatic rings. The summed E-state index contributed by atoms with van der Waals surface area (Å²) in [5.74, 6) is 2.46. The van der Waals surface area contributed by atoms with Crippen LogP contribution in [0.3, 0.4) is 0 Å². The van der Waals surface area contributed by atoms with Crippen molar-refractivity contribution in [2.75, 3.05) is 30.0 Å². The van der Waals surface area contributed by atoms with Gasteiger partial charge in [0.05, 0.1) is 18.6 Å². The monoisotopic (exact) mass is 363 g/mol. The zero-order valence-corrected chi connectivity index (χ0v) is 15.4. The fraction of sp³-hybridized carbons (Fsp3) is 0.632. The summed E-state index contributed by atoms with van der Waals surface area (Å²) >= 11 is 1.89. The summed E-state index contributed by atoms with van der Waals surface area (Å²) in [6, 6.07) is 7.57. The van der Waals surface area contributed by atoms with Gasteiger partial charge in [0.2, 0.25) is 5.91 Å². The molecule has 1 N–H and O–H groups in total. The van der Waals surface area contributed by atoms with Gasteiger partial charge in [0.25, 0.3) is 0 Å². The Morgan fingerprint density at radius 3 is 2.36 bits per heavy atom. The van der Waals surface area contributed by atoms with Crippen LogP contribution in [0.15, 0.2) is 24.3 Å². The molecule has 3 aliphatic rings. The largest absolute Gasteiger partial charge is 0.489 e. The number of anilines is 1. The maximum atomic E-state index is 12.7. The van der Waals surface area contributed by atoms with Crippen LogP contribution < -0.4 is 10.1 Å². The third kappa shape index (κ3) is 3.66. The highest BCUT2D eigenvalue weighted by molar-refractivity contribution is 8.00. The first-order valence-corrected chi connectivity index (χ1v) is 10.2. The molecule has 2 aliphatic heterocycles. The van der Waals surface area contributed by atoms with Gasteiger partial charge < -0.3 is 19.5 Å². The van der Waals surface area contributed by atoms with Gasteiger partial charge in [0.15, 0.2) is 5.79 Å². The van der Waals surface area contributed by atoms with Crippen molar-refractivity contribution in [3.05, 3.63) is 24.3 Å². The van der Waals surface area contributed by atoms with Crippen LogP contribution in [0.5, 0.6) is 5.75 Å². The van der Waals surface area contributed by atoms with Crippen molar-refractivity contribution in [3.8, 4) is 5.75 Å². The van der Waals surface area contributed by atoms with Crippen molar-refractivity contribution < 1.29 is 19.0 Å². The first-order valence-electron chi connectivity index (χ1n) is 9.01. The van der Waals surface area contributed by atoms with E-state index in [9.17, 15) is 4.79 Å². The number of carbonyl (C=O) groups is 1. The van der Waals surface area contributed by atoms with E-state index >= 15 is 0 Å². The Kier molecular flexibility index (Phi) is 4.69. The lowest BCUT2D eigenvalue weighted by Crippen LogP contribution is -2.52. The van der Waals surface area contributed by atoms with E-state index in [-0.39, 0.29) is 5.91 Å². The highest BCUT2D eigenvalue weighted by Gasteiger charge is 2.47. The predicted molar refractivity (Wildman–Crippen MR) is 98.0 cm³/mol. The van der Waals surface area contributed by atoms with Crippen LogP contribution in [-0.2, 0) is 14.3 Å². The van der Waals surface area contributed by atoms with Crippen molar-refractivity contribution in [1.29, 1.82) is 0 Å². The van der Waals surface area contributed by atoms with Crippen LogP contribution in [0.2, 0.25) is 0 Å². The van der Waals surface area contributed by atoms with Gasteiger partial charge in [0.1, 0.15) is 11.9 Å². The van der Waals surface area contributed by atoms with E-state index in [1.165, 1.54) is 0 Å². The number of thioether (sulfide) groups is 1. The minimum Gasteiger partial charge on any atom is -0.489 e. The molecule has 0 unspecified atom stereocenters. The smallest absolute Gasteiger partial charge is 0.234 e. The number of nitrogens with one attached hydrogen (secondary N) is 1.